The molecule has 0 atom stereocenters. The monoisotopic (exact) mass is 316 g/mol. The number of thioether (sulfide) groups is 1. The van der Waals surface area contributed by atoms with E-state index in [2.05, 4.69) is 4.98 Å². The SMILES string of the molecule is Cc1cnc(SCC(=O)O)n1-c1cccc(Cl)c1Cl. The Kier molecular flexibility index (Phi) is 4.39. The molecule has 0 spiro atoms. The molecule has 7 heteroatoms. The minimum atomic E-state index is -0.894. The quantitative estimate of drug-likeness (QED) is 0.874. The molecule has 1 aromatic heterocycles. The first-order valence-electron chi connectivity index (χ1n) is 5.34. The van der Waals surface area contributed by atoms with Crippen LogP contribution < -0.4 is 0 Å². The fourth-order valence-electron chi connectivity index (χ4n) is 1.60. The van der Waals surface area contributed by atoms with Crippen molar-refractivity contribution in [3.05, 3.63) is 40.1 Å². The van der Waals surface area contributed by atoms with Crippen molar-refractivity contribution in [2.24, 2.45) is 0 Å². The summed E-state index contributed by atoms with van der Waals surface area (Å²) < 4.78 is 1.79. The summed E-state index contributed by atoms with van der Waals surface area (Å²) in [7, 11) is 0. The lowest BCUT2D eigenvalue weighted by atomic mass is 10.3. The van der Waals surface area contributed by atoms with Crippen LogP contribution in [-0.4, -0.2) is 26.4 Å². The number of hydrogen-bond donors (Lipinski definition) is 1. The number of benzene rings is 1. The van der Waals surface area contributed by atoms with Gasteiger partial charge in [-0.2, -0.15) is 0 Å². The molecule has 0 saturated heterocycles. The van der Waals surface area contributed by atoms with Gasteiger partial charge in [0.25, 0.3) is 0 Å². The fraction of sp³-hybridized carbons (Fsp3) is 0.167. The molecule has 1 heterocycles. The predicted octanol–water partition coefficient (Wildman–Crippen LogP) is 3.66. The summed E-state index contributed by atoms with van der Waals surface area (Å²) in [5.74, 6) is -0.955. The smallest absolute Gasteiger partial charge is 0.313 e. The van der Waals surface area contributed by atoms with E-state index in [1.807, 2.05) is 13.0 Å². The van der Waals surface area contributed by atoms with Crippen molar-refractivity contribution in [1.29, 1.82) is 0 Å². The van der Waals surface area contributed by atoms with Crippen molar-refractivity contribution in [3.63, 3.8) is 0 Å². The maximum absolute atomic E-state index is 10.6. The topological polar surface area (TPSA) is 55.1 Å². The van der Waals surface area contributed by atoms with Crippen LogP contribution in [0.1, 0.15) is 5.69 Å². The van der Waals surface area contributed by atoms with Gasteiger partial charge >= 0.3 is 5.97 Å². The Hall–Kier alpha value is -1.17. The highest BCUT2D eigenvalue weighted by Crippen LogP contribution is 2.32. The molecule has 100 valence electrons. The van der Waals surface area contributed by atoms with E-state index >= 15 is 0 Å². The van der Waals surface area contributed by atoms with Crippen LogP contribution in [0, 0.1) is 6.92 Å². The summed E-state index contributed by atoms with van der Waals surface area (Å²) in [4.78, 5) is 14.8. The predicted molar refractivity (Wildman–Crippen MR) is 76.7 cm³/mol. The van der Waals surface area contributed by atoms with Gasteiger partial charge in [0.2, 0.25) is 0 Å². The van der Waals surface area contributed by atoms with Gasteiger partial charge in [0, 0.05) is 11.9 Å². The van der Waals surface area contributed by atoms with Crippen LogP contribution in [0.15, 0.2) is 29.6 Å². The molecule has 0 fully saturated rings. The molecular formula is C12H10Cl2N2O2S. The Bertz CT molecular complexity index is 628. The van der Waals surface area contributed by atoms with Gasteiger partial charge in [-0.15, -0.1) is 0 Å². The molecule has 1 aromatic carbocycles. The Morgan fingerprint density at radius 3 is 2.89 bits per heavy atom. The lowest BCUT2D eigenvalue weighted by molar-refractivity contribution is -0.133. The van der Waals surface area contributed by atoms with Gasteiger partial charge in [-0.25, -0.2) is 4.98 Å². The summed E-state index contributed by atoms with van der Waals surface area (Å²) in [6.07, 6.45) is 1.67. The van der Waals surface area contributed by atoms with E-state index in [0.717, 1.165) is 17.5 Å². The summed E-state index contributed by atoms with van der Waals surface area (Å²) in [5, 5.41) is 10.2. The van der Waals surface area contributed by atoms with Crippen LogP contribution in [-0.2, 0) is 4.79 Å². The first-order chi connectivity index (χ1) is 9.00. The third kappa shape index (κ3) is 3.05. The largest absolute Gasteiger partial charge is 0.481 e. The summed E-state index contributed by atoms with van der Waals surface area (Å²) in [6.45, 7) is 1.87. The fourth-order valence-corrected chi connectivity index (χ4v) is 2.73. The van der Waals surface area contributed by atoms with E-state index in [4.69, 9.17) is 28.3 Å². The van der Waals surface area contributed by atoms with E-state index in [0.29, 0.717) is 20.9 Å². The minimum Gasteiger partial charge on any atom is -0.481 e. The first-order valence-corrected chi connectivity index (χ1v) is 7.08. The zero-order chi connectivity index (χ0) is 14.0. The second-order valence-electron chi connectivity index (χ2n) is 3.77. The van der Waals surface area contributed by atoms with E-state index in [9.17, 15) is 4.79 Å². The third-order valence-electron chi connectivity index (χ3n) is 2.40. The average molecular weight is 317 g/mol. The molecule has 0 aliphatic rings. The Balaban J connectivity index is 2.46. The van der Waals surface area contributed by atoms with Crippen molar-refractivity contribution in [2.75, 3.05) is 5.75 Å². The number of aromatic nitrogens is 2. The zero-order valence-corrected chi connectivity index (χ0v) is 12.3. The third-order valence-corrected chi connectivity index (χ3v) is 4.15. The maximum atomic E-state index is 10.6. The van der Waals surface area contributed by atoms with E-state index < -0.39 is 5.97 Å². The summed E-state index contributed by atoms with van der Waals surface area (Å²) >= 11 is 13.3. The normalized spacial score (nSPS) is 10.7. The van der Waals surface area contributed by atoms with Crippen LogP contribution in [0.25, 0.3) is 5.69 Å². The standard InChI is InChI=1S/C12H10Cl2N2O2S/c1-7-5-15-12(19-6-10(17)18)16(7)9-4-2-3-8(13)11(9)14/h2-5H,6H2,1H3,(H,17,18). The highest BCUT2D eigenvalue weighted by molar-refractivity contribution is 7.99. The van der Waals surface area contributed by atoms with Crippen LogP contribution in [0.3, 0.4) is 0 Å². The molecule has 0 aliphatic heterocycles. The Morgan fingerprint density at radius 2 is 2.21 bits per heavy atom. The molecule has 2 aromatic rings. The van der Waals surface area contributed by atoms with Gasteiger partial charge in [-0.3, -0.25) is 9.36 Å². The summed E-state index contributed by atoms with van der Waals surface area (Å²) in [6, 6.07) is 5.30. The lowest BCUT2D eigenvalue weighted by Crippen LogP contribution is -2.03. The van der Waals surface area contributed by atoms with Gasteiger partial charge in [0.15, 0.2) is 5.16 Å². The molecule has 0 bridgehead atoms. The zero-order valence-electron chi connectivity index (χ0n) is 9.93. The molecular weight excluding hydrogens is 307 g/mol. The maximum Gasteiger partial charge on any atom is 0.313 e. The Morgan fingerprint density at radius 1 is 1.47 bits per heavy atom. The highest BCUT2D eigenvalue weighted by Gasteiger charge is 2.14. The van der Waals surface area contributed by atoms with Crippen LogP contribution in [0.5, 0.6) is 0 Å². The van der Waals surface area contributed by atoms with Crippen molar-refractivity contribution < 1.29 is 9.90 Å². The number of halogens is 2. The molecule has 0 saturated carbocycles. The van der Waals surface area contributed by atoms with Gasteiger partial charge in [0.1, 0.15) is 0 Å². The van der Waals surface area contributed by atoms with Gasteiger partial charge in [-0.05, 0) is 19.1 Å². The summed E-state index contributed by atoms with van der Waals surface area (Å²) in [5.41, 5.74) is 1.55. The number of hydrogen-bond acceptors (Lipinski definition) is 3. The number of rotatable bonds is 4. The average Bonchev–Trinajstić information content (AvgIpc) is 2.72. The van der Waals surface area contributed by atoms with Crippen molar-refractivity contribution in [3.8, 4) is 5.69 Å². The van der Waals surface area contributed by atoms with Crippen molar-refractivity contribution in [2.45, 2.75) is 12.1 Å². The number of aliphatic carboxylic acids is 1. The second kappa shape index (κ2) is 5.86. The number of aryl methyl sites for hydroxylation is 1. The van der Waals surface area contributed by atoms with Crippen molar-refractivity contribution >= 4 is 40.9 Å². The molecule has 0 radical (unpaired) electrons. The number of nitrogens with zero attached hydrogens (tertiary/aromatic N) is 2. The first kappa shape index (κ1) is 14.2. The van der Waals surface area contributed by atoms with Crippen LogP contribution >= 0.6 is 35.0 Å². The molecule has 19 heavy (non-hydrogen) atoms. The molecule has 2 rings (SSSR count). The van der Waals surface area contributed by atoms with E-state index in [1.54, 1.807) is 22.9 Å². The molecule has 0 amide bonds. The van der Waals surface area contributed by atoms with E-state index in [1.165, 1.54) is 0 Å². The number of imidazole rings is 1. The molecule has 0 unspecified atom stereocenters. The molecule has 4 nitrogen and oxygen atoms in total. The van der Waals surface area contributed by atoms with Gasteiger partial charge in [0.05, 0.1) is 21.5 Å². The van der Waals surface area contributed by atoms with Gasteiger partial charge in [-0.1, -0.05) is 41.0 Å². The van der Waals surface area contributed by atoms with Crippen LogP contribution in [0.2, 0.25) is 10.0 Å². The lowest BCUT2D eigenvalue weighted by Gasteiger charge is -2.11. The molecule has 0 aliphatic carbocycles. The van der Waals surface area contributed by atoms with Crippen LogP contribution in [0.4, 0.5) is 0 Å². The number of carboxylic acids is 1. The minimum absolute atomic E-state index is 0.0609. The highest BCUT2D eigenvalue weighted by atomic mass is 35.5. The molecule has 1 N–H and O–H groups in total. The Labute approximate surface area is 124 Å². The number of carbonyl (C=O) groups is 1. The number of carboxylic acid groups (broad SMARTS) is 1. The van der Waals surface area contributed by atoms with Crippen molar-refractivity contribution in [1.82, 2.24) is 9.55 Å². The van der Waals surface area contributed by atoms with E-state index in [-0.39, 0.29) is 5.75 Å². The van der Waals surface area contributed by atoms with Gasteiger partial charge < -0.3 is 5.11 Å². The second-order valence-corrected chi connectivity index (χ2v) is 5.50.